The summed E-state index contributed by atoms with van der Waals surface area (Å²) in [5.41, 5.74) is 8.61. The molecular weight excluding hydrogens is 262 g/mol. The van der Waals surface area contributed by atoms with E-state index in [4.69, 9.17) is 10.3 Å². The van der Waals surface area contributed by atoms with Crippen LogP contribution in [0.25, 0.3) is 0 Å². The van der Waals surface area contributed by atoms with Gasteiger partial charge in [0, 0.05) is 5.92 Å². The minimum atomic E-state index is -0.521. The highest BCUT2D eigenvalue weighted by molar-refractivity contribution is 5.31. The van der Waals surface area contributed by atoms with E-state index in [-0.39, 0.29) is 0 Å². The Morgan fingerprint density at radius 3 is 2.86 bits per heavy atom. The summed E-state index contributed by atoms with van der Waals surface area (Å²) < 4.78 is 5.44. The number of nitrogens with zero attached hydrogens (tertiary/aromatic N) is 2. The summed E-state index contributed by atoms with van der Waals surface area (Å²) in [5, 5.41) is 4.20. The van der Waals surface area contributed by atoms with E-state index in [0.29, 0.717) is 11.8 Å². The highest BCUT2D eigenvalue weighted by Gasteiger charge is 2.30. The summed E-state index contributed by atoms with van der Waals surface area (Å²) in [5.74, 6) is 1.72. The van der Waals surface area contributed by atoms with Crippen molar-refractivity contribution in [1.82, 2.24) is 10.1 Å². The van der Waals surface area contributed by atoms with E-state index in [2.05, 4.69) is 41.3 Å². The summed E-state index contributed by atoms with van der Waals surface area (Å²) in [7, 11) is 0. The fourth-order valence-corrected chi connectivity index (χ4v) is 3.18. The van der Waals surface area contributed by atoms with Gasteiger partial charge in [-0.1, -0.05) is 42.8 Å². The monoisotopic (exact) mass is 285 g/mol. The van der Waals surface area contributed by atoms with Gasteiger partial charge in [-0.25, -0.2) is 0 Å². The van der Waals surface area contributed by atoms with Crippen LogP contribution in [-0.2, 0) is 18.4 Å². The number of fused-ring (bicyclic) bond motifs is 1. The van der Waals surface area contributed by atoms with Crippen LogP contribution in [0.4, 0.5) is 0 Å². The Hall–Kier alpha value is -1.68. The third-order valence-electron chi connectivity index (χ3n) is 4.41. The normalized spacial score (nSPS) is 20.8. The van der Waals surface area contributed by atoms with Crippen LogP contribution >= 0.6 is 0 Å². The largest absolute Gasteiger partial charge is 0.337 e. The summed E-state index contributed by atoms with van der Waals surface area (Å²) in [6.45, 7) is 4.07. The van der Waals surface area contributed by atoms with E-state index in [9.17, 15) is 0 Å². The lowest BCUT2D eigenvalue weighted by Gasteiger charge is -2.22. The second-order valence-corrected chi connectivity index (χ2v) is 6.33. The molecule has 1 aromatic carbocycles. The number of aryl methyl sites for hydroxylation is 1. The first-order valence-corrected chi connectivity index (χ1v) is 7.80. The molecule has 0 aliphatic heterocycles. The number of hydrogen-bond donors (Lipinski definition) is 1. The van der Waals surface area contributed by atoms with Crippen molar-refractivity contribution in [3.63, 3.8) is 0 Å². The predicted octanol–water partition coefficient (Wildman–Crippen LogP) is 3.32. The fraction of sp³-hybridized carbons (Fsp3) is 0.529. The standard InChI is InChI=1S/C17H23N3O/c1-3-10-17(2,18)16-19-15(20-21-16)14-9-8-12-6-4-5-7-13(12)11-14/h4-7,14H,3,8-11,18H2,1-2H3. The molecule has 2 unspecified atom stereocenters. The third-order valence-corrected chi connectivity index (χ3v) is 4.41. The van der Waals surface area contributed by atoms with E-state index >= 15 is 0 Å². The molecule has 0 saturated carbocycles. The van der Waals surface area contributed by atoms with Gasteiger partial charge < -0.3 is 10.3 Å². The molecule has 0 saturated heterocycles. The van der Waals surface area contributed by atoms with Gasteiger partial charge in [0.2, 0.25) is 5.89 Å². The SMILES string of the molecule is CCCC(C)(N)c1nc(C2CCc3ccccc3C2)no1. The van der Waals surface area contributed by atoms with Crippen LogP contribution < -0.4 is 5.73 Å². The molecule has 4 heteroatoms. The quantitative estimate of drug-likeness (QED) is 0.936. The summed E-state index contributed by atoms with van der Waals surface area (Å²) in [6, 6.07) is 8.62. The number of nitrogens with two attached hydrogens (primary N) is 1. The van der Waals surface area contributed by atoms with Gasteiger partial charge in [0.25, 0.3) is 0 Å². The number of rotatable bonds is 4. The van der Waals surface area contributed by atoms with E-state index < -0.39 is 5.54 Å². The van der Waals surface area contributed by atoms with Crippen LogP contribution in [0.5, 0.6) is 0 Å². The Morgan fingerprint density at radius 2 is 2.10 bits per heavy atom. The average molecular weight is 285 g/mol. The molecule has 4 nitrogen and oxygen atoms in total. The second-order valence-electron chi connectivity index (χ2n) is 6.33. The maximum atomic E-state index is 6.27. The zero-order valence-corrected chi connectivity index (χ0v) is 12.8. The maximum absolute atomic E-state index is 6.27. The van der Waals surface area contributed by atoms with Crippen molar-refractivity contribution in [2.45, 2.75) is 57.4 Å². The first kappa shape index (κ1) is 14.3. The van der Waals surface area contributed by atoms with E-state index in [0.717, 1.165) is 37.9 Å². The first-order valence-electron chi connectivity index (χ1n) is 7.80. The highest BCUT2D eigenvalue weighted by Crippen LogP contribution is 2.32. The smallest absolute Gasteiger partial charge is 0.246 e. The Kier molecular flexibility index (Phi) is 3.81. The molecule has 0 spiro atoms. The fourth-order valence-electron chi connectivity index (χ4n) is 3.18. The topological polar surface area (TPSA) is 64.9 Å². The zero-order chi connectivity index (χ0) is 14.9. The van der Waals surface area contributed by atoms with E-state index in [1.54, 1.807) is 0 Å². The van der Waals surface area contributed by atoms with Crippen molar-refractivity contribution in [1.29, 1.82) is 0 Å². The zero-order valence-electron chi connectivity index (χ0n) is 12.8. The molecule has 1 aliphatic rings. The van der Waals surface area contributed by atoms with Crippen LogP contribution in [0.2, 0.25) is 0 Å². The van der Waals surface area contributed by atoms with E-state index in [1.807, 2.05) is 6.92 Å². The van der Waals surface area contributed by atoms with Crippen LogP contribution in [0.15, 0.2) is 28.8 Å². The van der Waals surface area contributed by atoms with E-state index in [1.165, 1.54) is 11.1 Å². The van der Waals surface area contributed by atoms with Crippen molar-refractivity contribution < 1.29 is 4.52 Å². The van der Waals surface area contributed by atoms with Gasteiger partial charge in [-0.05, 0) is 43.7 Å². The lowest BCUT2D eigenvalue weighted by Crippen LogP contribution is -2.33. The average Bonchev–Trinajstić information content (AvgIpc) is 2.97. The van der Waals surface area contributed by atoms with Crippen molar-refractivity contribution in [2.75, 3.05) is 0 Å². The van der Waals surface area contributed by atoms with Crippen LogP contribution in [-0.4, -0.2) is 10.1 Å². The minimum Gasteiger partial charge on any atom is -0.337 e. The molecule has 1 heterocycles. The summed E-state index contributed by atoms with van der Waals surface area (Å²) in [4.78, 5) is 4.59. The maximum Gasteiger partial charge on any atom is 0.246 e. The minimum absolute atomic E-state index is 0.342. The van der Waals surface area contributed by atoms with Gasteiger partial charge in [0.15, 0.2) is 5.82 Å². The van der Waals surface area contributed by atoms with Gasteiger partial charge in [-0.2, -0.15) is 4.98 Å². The molecule has 1 aliphatic carbocycles. The van der Waals surface area contributed by atoms with Gasteiger partial charge in [0.05, 0.1) is 5.54 Å². The van der Waals surface area contributed by atoms with Gasteiger partial charge in [0.1, 0.15) is 0 Å². The van der Waals surface area contributed by atoms with Crippen molar-refractivity contribution in [3.05, 3.63) is 47.1 Å². The number of hydrogen-bond acceptors (Lipinski definition) is 4. The van der Waals surface area contributed by atoms with Crippen LogP contribution in [0, 0.1) is 0 Å². The highest BCUT2D eigenvalue weighted by atomic mass is 16.5. The molecule has 112 valence electrons. The molecule has 2 N–H and O–H groups in total. The molecule has 0 radical (unpaired) electrons. The summed E-state index contributed by atoms with van der Waals surface area (Å²) in [6.07, 6.45) is 5.00. The van der Waals surface area contributed by atoms with Crippen LogP contribution in [0.3, 0.4) is 0 Å². The molecule has 3 rings (SSSR count). The molecule has 2 aromatic rings. The molecule has 1 aromatic heterocycles. The van der Waals surface area contributed by atoms with Gasteiger partial charge >= 0.3 is 0 Å². The first-order chi connectivity index (χ1) is 10.1. The predicted molar refractivity (Wildman–Crippen MR) is 82.0 cm³/mol. The van der Waals surface area contributed by atoms with Crippen molar-refractivity contribution in [3.8, 4) is 0 Å². The molecular formula is C17H23N3O. The van der Waals surface area contributed by atoms with Crippen molar-refractivity contribution >= 4 is 0 Å². The molecule has 2 atom stereocenters. The lowest BCUT2D eigenvalue weighted by molar-refractivity contribution is 0.281. The number of benzene rings is 1. The lowest BCUT2D eigenvalue weighted by atomic mass is 9.83. The van der Waals surface area contributed by atoms with Crippen molar-refractivity contribution in [2.24, 2.45) is 5.73 Å². The third kappa shape index (κ3) is 2.86. The Bertz CT molecular complexity index is 618. The number of aromatic nitrogens is 2. The Balaban J connectivity index is 1.79. The van der Waals surface area contributed by atoms with Gasteiger partial charge in [-0.3, -0.25) is 0 Å². The van der Waals surface area contributed by atoms with Crippen LogP contribution in [0.1, 0.15) is 61.9 Å². The molecule has 21 heavy (non-hydrogen) atoms. The summed E-state index contributed by atoms with van der Waals surface area (Å²) >= 11 is 0. The Morgan fingerprint density at radius 1 is 1.33 bits per heavy atom. The molecule has 0 fully saturated rings. The Labute approximate surface area is 125 Å². The molecule has 0 amide bonds. The van der Waals surface area contributed by atoms with Gasteiger partial charge in [-0.15, -0.1) is 0 Å². The second kappa shape index (κ2) is 5.60. The molecule has 0 bridgehead atoms.